The van der Waals surface area contributed by atoms with E-state index in [1.54, 1.807) is 10.6 Å². The lowest BCUT2D eigenvalue weighted by molar-refractivity contribution is 0.791. The van der Waals surface area contributed by atoms with E-state index in [2.05, 4.69) is 65.0 Å². The Morgan fingerprint density at radius 2 is 1.33 bits per heavy atom. The molecular weight excluding hydrogens is 218 g/mol. The first-order valence-electron chi connectivity index (χ1n) is 5.34. The van der Waals surface area contributed by atoms with Crippen LogP contribution in [0.2, 0.25) is 0 Å². The Kier molecular flexibility index (Phi) is 4.33. The van der Waals surface area contributed by atoms with Crippen molar-refractivity contribution in [3.63, 3.8) is 0 Å². The molecule has 0 radical (unpaired) electrons. The Morgan fingerprint density at radius 1 is 0.867 bits per heavy atom. The van der Waals surface area contributed by atoms with Crippen molar-refractivity contribution in [1.82, 2.24) is 0 Å². The van der Waals surface area contributed by atoms with Gasteiger partial charge in [-0.2, -0.15) is 0 Å². The summed E-state index contributed by atoms with van der Waals surface area (Å²) >= 11 is 0. The number of rotatable bonds is 2. The van der Waals surface area contributed by atoms with E-state index in [1.165, 1.54) is 0 Å². The van der Waals surface area contributed by atoms with Crippen LogP contribution in [-0.4, -0.2) is 25.2 Å². The molecule has 1 atom stereocenters. The molecule has 0 saturated heterocycles. The van der Waals surface area contributed by atoms with Gasteiger partial charge in [0.2, 0.25) is 0 Å². The second kappa shape index (κ2) is 4.94. The molecule has 1 unspecified atom stereocenters. The Balaban J connectivity index is 3.14. The van der Waals surface area contributed by atoms with E-state index in [0.29, 0.717) is 5.16 Å². The molecule has 0 heterocycles. The molecule has 1 aromatic carbocycles. The highest BCUT2D eigenvalue weighted by molar-refractivity contribution is 7.71. The molecule has 0 N–H and O–H groups in total. The van der Waals surface area contributed by atoms with Crippen molar-refractivity contribution in [3.05, 3.63) is 24.3 Å². The van der Waals surface area contributed by atoms with Crippen LogP contribution in [0.5, 0.6) is 0 Å². The lowest BCUT2D eigenvalue weighted by Gasteiger charge is -2.30. The van der Waals surface area contributed by atoms with E-state index in [1.807, 2.05) is 0 Å². The van der Waals surface area contributed by atoms with Gasteiger partial charge in [0.1, 0.15) is 0 Å². The summed E-state index contributed by atoms with van der Waals surface area (Å²) in [5.74, 6) is 0. The summed E-state index contributed by atoms with van der Waals surface area (Å²) in [7, 11) is -0.0335. The van der Waals surface area contributed by atoms with Crippen molar-refractivity contribution in [2.45, 2.75) is 25.9 Å². The van der Waals surface area contributed by atoms with Gasteiger partial charge in [0.15, 0.2) is 0 Å². The van der Waals surface area contributed by atoms with Crippen LogP contribution in [0.4, 0.5) is 0 Å². The molecule has 1 rings (SSSR count). The molecule has 15 heavy (non-hydrogen) atoms. The predicted molar refractivity (Wildman–Crippen MR) is 77.1 cm³/mol. The molecule has 0 aliphatic carbocycles. The molecule has 0 nitrogen and oxygen atoms in total. The highest BCUT2D eigenvalue weighted by Gasteiger charge is 2.23. The highest BCUT2D eigenvalue weighted by atomic mass is 31.1. The Labute approximate surface area is 97.0 Å². The van der Waals surface area contributed by atoms with Gasteiger partial charge in [-0.1, -0.05) is 60.9 Å². The SMILES string of the molecule is CP(C)c1ccccc1P(C)C(C)(C)C. The highest BCUT2D eigenvalue weighted by Crippen LogP contribution is 2.45. The third-order valence-corrected chi connectivity index (χ3v) is 7.39. The fraction of sp³-hybridized carbons (Fsp3) is 0.538. The average Bonchev–Trinajstić information content (AvgIpc) is 2.15. The maximum atomic E-state index is 2.41. The second-order valence-corrected chi connectivity index (χ2v) is 10.3. The van der Waals surface area contributed by atoms with E-state index in [9.17, 15) is 0 Å². The lowest BCUT2D eigenvalue weighted by Crippen LogP contribution is -2.27. The van der Waals surface area contributed by atoms with Gasteiger partial charge in [-0.25, -0.2) is 0 Å². The largest absolute Gasteiger partial charge is 0.0810 e. The first kappa shape index (κ1) is 13.1. The molecular formula is C13H22P2. The predicted octanol–water partition coefficient (Wildman–Crippen LogP) is 3.59. The monoisotopic (exact) mass is 240 g/mol. The summed E-state index contributed by atoms with van der Waals surface area (Å²) in [5.41, 5.74) is 0. The zero-order valence-corrected chi connectivity index (χ0v) is 12.5. The summed E-state index contributed by atoms with van der Waals surface area (Å²) in [6.07, 6.45) is 0. The number of hydrogen-bond acceptors (Lipinski definition) is 0. The maximum absolute atomic E-state index is 2.41. The van der Waals surface area contributed by atoms with Crippen LogP contribution in [-0.2, 0) is 0 Å². The van der Waals surface area contributed by atoms with E-state index in [-0.39, 0.29) is 15.8 Å². The first-order valence-corrected chi connectivity index (χ1v) is 9.36. The molecule has 0 bridgehead atoms. The molecule has 1 aromatic rings. The van der Waals surface area contributed by atoms with Crippen molar-refractivity contribution >= 4 is 26.5 Å². The summed E-state index contributed by atoms with van der Waals surface area (Å²) < 4.78 is 0. The Morgan fingerprint density at radius 3 is 1.73 bits per heavy atom. The molecule has 0 spiro atoms. The third kappa shape index (κ3) is 3.27. The lowest BCUT2D eigenvalue weighted by atomic mass is 10.3. The number of hydrogen-bond donors (Lipinski definition) is 0. The van der Waals surface area contributed by atoms with Crippen molar-refractivity contribution < 1.29 is 0 Å². The summed E-state index contributed by atoms with van der Waals surface area (Å²) in [4.78, 5) is 0. The van der Waals surface area contributed by atoms with Gasteiger partial charge in [0.25, 0.3) is 0 Å². The Hall–Kier alpha value is 0.0800. The quantitative estimate of drug-likeness (QED) is 0.693. The Bertz CT molecular complexity index is 324. The molecule has 0 fully saturated rings. The number of benzene rings is 1. The van der Waals surface area contributed by atoms with Crippen molar-refractivity contribution in [3.8, 4) is 0 Å². The third-order valence-electron chi connectivity index (χ3n) is 2.73. The van der Waals surface area contributed by atoms with Gasteiger partial charge >= 0.3 is 0 Å². The van der Waals surface area contributed by atoms with Gasteiger partial charge in [-0.15, -0.1) is 0 Å². The standard InChI is InChI=1S/C13H22P2/c1-13(2,3)15(6)12-10-8-7-9-11(12)14(4)5/h7-10H,1-6H3. The zero-order chi connectivity index (χ0) is 11.6. The van der Waals surface area contributed by atoms with Crippen molar-refractivity contribution in [1.29, 1.82) is 0 Å². The van der Waals surface area contributed by atoms with Crippen molar-refractivity contribution in [2.75, 3.05) is 20.0 Å². The van der Waals surface area contributed by atoms with Crippen LogP contribution >= 0.6 is 15.8 Å². The maximum Gasteiger partial charge on any atom is -0.0141 e. The van der Waals surface area contributed by atoms with Gasteiger partial charge in [-0.05, 0) is 35.8 Å². The van der Waals surface area contributed by atoms with Gasteiger partial charge in [0.05, 0.1) is 0 Å². The summed E-state index contributed by atoms with van der Waals surface area (Å²) in [5, 5.41) is 3.61. The molecule has 0 saturated carbocycles. The van der Waals surface area contributed by atoms with Gasteiger partial charge in [0, 0.05) is 0 Å². The molecule has 0 aromatic heterocycles. The topological polar surface area (TPSA) is 0 Å². The fourth-order valence-electron chi connectivity index (χ4n) is 1.49. The summed E-state index contributed by atoms with van der Waals surface area (Å²) in [6.45, 7) is 14.2. The molecule has 0 aliphatic rings. The zero-order valence-electron chi connectivity index (χ0n) is 10.7. The van der Waals surface area contributed by atoms with E-state index >= 15 is 0 Å². The normalized spacial score (nSPS) is 14.3. The van der Waals surface area contributed by atoms with E-state index in [0.717, 1.165) is 0 Å². The van der Waals surface area contributed by atoms with E-state index in [4.69, 9.17) is 0 Å². The van der Waals surface area contributed by atoms with Crippen LogP contribution in [0.3, 0.4) is 0 Å². The van der Waals surface area contributed by atoms with Crippen LogP contribution < -0.4 is 10.6 Å². The van der Waals surface area contributed by atoms with Crippen molar-refractivity contribution in [2.24, 2.45) is 0 Å². The van der Waals surface area contributed by atoms with Crippen LogP contribution in [0.25, 0.3) is 0 Å². The molecule has 0 aliphatic heterocycles. The fourth-order valence-corrected chi connectivity index (χ4v) is 4.90. The average molecular weight is 240 g/mol. The van der Waals surface area contributed by atoms with Gasteiger partial charge < -0.3 is 0 Å². The minimum atomic E-state index is -0.0538. The summed E-state index contributed by atoms with van der Waals surface area (Å²) in [6, 6.07) is 9.00. The minimum absolute atomic E-state index is 0.0202. The second-order valence-electron chi connectivity index (χ2n) is 5.11. The van der Waals surface area contributed by atoms with Gasteiger partial charge in [-0.3, -0.25) is 0 Å². The van der Waals surface area contributed by atoms with E-state index < -0.39 is 0 Å². The van der Waals surface area contributed by atoms with Crippen LogP contribution in [0.15, 0.2) is 24.3 Å². The molecule has 2 heteroatoms. The van der Waals surface area contributed by atoms with Crippen LogP contribution in [0, 0.1) is 0 Å². The minimum Gasteiger partial charge on any atom is -0.0810 e. The first-order chi connectivity index (χ1) is 6.84. The van der Waals surface area contributed by atoms with Crippen LogP contribution in [0.1, 0.15) is 20.8 Å². The molecule has 0 amide bonds. The smallest absolute Gasteiger partial charge is 0.0141 e. The molecule has 84 valence electrons.